The van der Waals surface area contributed by atoms with E-state index in [4.69, 9.17) is 14.2 Å². The van der Waals surface area contributed by atoms with E-state index in [2.05, 4.69) is 11.4 Å². The van der Waals surface area contributed by atoms with Gasteiger partial charge in [0.2, 0.25) is 0 Å². The maximum Gasteiger partial charge on any atom is 0.161 e. The molecule has 1 aromatic rings. The number of methoxy groups -OCH3 is 1. The minimum Gasteiger partial charge on any atom is -0.493 e. The van der Waals surface area contributed by atoms with Gasteiger partial charge in [0.15, 0.2) is 11.5 Å². The smallest absolute Gasteiger partial charge is 0.161 e. The third-order valence-corrected chi connectivity index (χ3v) is 3.25. The molecule has 1 aromatic carbocycles. The van der Waals surface area contributed by atoms with Crippen LogP contribution in [0.3, 0.4) is 0 Å². The van der Waals surface area contributed by atoms with Crippen LogP contribution in [0.4, 0.5) is 0 Å². The molecule has 1 heterocycles. The van der Waals surface area contributed by atoms with Crippen molar-refractivity contribution in [1.82, 2.24) is 5.32 Å². The van der Waals surface area contributed by atoms with Crippen molar-refractivity contribution < 1.29 is 14.2 Å². The molecule has 0 bridgehead atoms. The highest BCUT2D eigenvalue weighted by Gasteiger charge is 2.14. The molecule has 114 valence electrons. The molecule has 1 aliphatic rings. The highest BCUT2D eigenvalue weighted by Crippen LogP contribution is 2.28. The van der Waals surface area contributed by atoms with Gasteiger partial charge >= 0.3 is 0 Å². The van der Waals surface area contributed by atoms with Crippen LogP contribution in [0.25, 0.3) is 0 Å². The highest BCUT2D eigenvalue weighted by molar-refractivity contribution is 5.85. The van der Waals surface area contributed by atoms with Gasteiger partial charge in [-0.2, -0.15) is 0 Å². The number of halogens is 1. The first-order valence-electron chi connectivity index (χ1n) is 6.95. The molecule has 5 heteroatoms. The van der Waals surface area contributed by atoms with Crippen molar-refractivity contribution in [2.45, 2.75) is 32.4 Å². The SMILES string of the molecule is CCOc1cc(CNCC2CCCO2)ccc1OC.Cl. The van der Waals surface area contributed by atoms with E-state index in [0.29, 0.717) is 12.7 Å². The van der Waals surface area contributed by atoms with Crippen LogP contribution in [0.5, 0.6) is 11.5 Å². The summed E-state index contributed by atoms with van der Waals surface area (Å²) in [6, 6.07) is 6.04. The normalized spacial score (nSPS) is 17.6. The molecule has 0 saturated carbocycles. The Balaban J connectivity index is 0.00000200. The van der Waals surface area contributed by atoms with Gasteiger partial charge in [-0.15, -0.1) is 12.4 Å². The van der Waals surface area contributed by atoms with Crippen LogP contribution in [-0.4, -0.2) is 33.0 Å². The molecule has 0 radical (unpaired) electrons. The monoisotopic (exact) mass is 301 g/mol. The van der Waals surface area contributed by atoms with Gasteiger partial charge in [0.25, 0.3) is 0 Å². The number of hydrogen-bond donors (Lipinski definition) is 1. The molecule has 0 aliphatic carbocycles. The number of rotatable bonds is 7. The molecule has 0 amide bonds. The maximum atomic E-state index is 5.58. The van der Waals surface area contributed by atoms with Crippen molar-refractivity contribution in [3.05, 3.63) is 23.8 Å². The molecule has 4 nitrogen and oxygen atoms in total. The zero-order valence-electron chi connectivity index (χ0n) is 12.2. The quantitative estimate of drug-likeness (QED) is 0.840. The standard InChI is InChI=1S/C15H23NO3.ClH/c1-3-18-15-9-12(6-7-14(15)17-2)10-16-11-13-5-4-8-19-13;/h6-7,9,13,16H,3-5,8,10-11H2,1-2H3;1H. The van der Waals surface area contributed by atoms with Gasteiger partial charge in [0.1, 0.15) is 0 Å². The molecule has 1 N–H and O–H groups in total. The van der Waals surface area contributed by atoms with Crippen LogP contribution < -0.4 is 14.8 Å². The van der Waals surface area contributed by atoms with Crippen molar-refractivity contribution in [1.29, 1.82) is 0 Å². The largest absolute Gasteiger partial charge is 0.493 e. The molecule has 1 fully saturated rings. The second-order valence-corrected chi connectivity index (χ2v) is 4.68. The lowest BCUT2D eigenvalue weighted by Gasteiger charge is -2.13. The van der Waals surface area contributed by atoms with Crippen LogP contribution >= 0.6 is 12.4 Å². The Labute approximate surface area is 127 Å². The number of hydrogen-bond acceptors (Lipinski definition) is 4. The third kappa shape index (κ3) is 4.85. The molecule has 20 heavy (non-hydrogen) atoms. The number of ether oxygens (including phenoxy) is 3. The van der Waals surface area contributed by atoms with Gasteiger partial charge < -0.3 is 19.5 Å². The lowest BCUT2D eigenvalue weighted by atomic mass is 10.2. The number of benzene rings is 1. The molecule has 1 aliphatic heterocycles. The minimum absolute atomic E-state index is 0. The van der Waals surface area contributed by atoms with E-state index in [-0.39, 0.29) is 12.4 Å². The Morgan fingerprint density at radius 1 is 1.35 bits per heavy atom. The number of nitrogens with one attached hydrogen (secondary N) is 1. The van der Waals surface area contributed by atoms with Crippen molar-refractivity contribution in [3.63, 3.8) is 0 Å². The average molecular weight is 302 g/mol. The topological polar surface area (TPSA) is 39.7 Å². The minimum atomic E-state index is 0. The summed E-state index contributed by atoms with van der Waals surface area (Å²) in [5, 5.41) is 3.43. The average Bonchev–Trinajstić information content (AvgIpc) is 2.93. The summed E-state index contributed by atoms with van der Waals surface area (Å²) in [6.07, 6.45) is 2.73. The van der Waals surface area contributed by atoms with Gasteiger partial charge in [-0.3, -0.25) is 0 Å². The van der Waals surface area contributed by atoms with E-state index in [1.807, 2.05) is 19.1 Å². The van der Waals surface area contributed by atoms with Crippen molar-refractivity contribution in [2.24, 2.45) is 0 Å². The van der Waals surface area contributed by atoms with E-state index in [1.165, 1.54) is 18.4 Å². The summed E-state index contributed by atoms with van der Waals surface area (Å²) in [6.45, 7) is 5.26. The molecule has 1 atom stereocenters. The summed E-state index contributed by atoms with van der Waals surface area (Å²) in [5.74, 6) is 1.59. The van der Waals surface area contributed by atoms with Gasteiger partial charge in [-0.25, -0.2) is 0 Å². The van der Waals surface area contributed by atoms with Gasteiger partial charge in [-0.1, -0.05) is 6.07 Å². The van der Waals surface area contributed by atoms with Gasteiger partial charge in [0, 0.05) is 19.7 Å². The summed E-state index contributed by atoms with van der Waals surface area (Å²) in [4.78, 5) is 0. The van der Waals surface area contributed by atoms with Gasteiger partial charge in [-0.05, 0) is 37.5 Å². The van der Waals surface area contributed by atoms with E-state index < -0.39 is 0 Å². The fourth-order valence-corrected chi connectivity index (χ4v) is 2.28. The molecular formula is C15H24ClNO3. The van der Waals surface area contributed by atoms with Gasteiger partial charge in [0.05, 0.1) is 19.8 Å². The Bertz CT molecular complexity index is 395. The molecule has 0 aromatic heterocycles. The third-order valence-electron chi connectivity index (χ3n) is 3.25. The molecule has 2 rings (SSSR count). The first-order chi connectivity index (χ1) is 9.33. The Kier molecular flexibility index (Phi) is 7.73. The molecule has 1 saturated heterocycles. The predicted octanol–water partition coefficient (Wildman–Crippen LogP) is 2.78. The highest BCUT2D eigenvalue weighted by atomic mass is 35.5. The molecule has 0 spiro atoms. The summed E-state index contributed by atoms with van der Waals surface area (Å²) in [7, 11) is 1.66. The lowest BCUT2D eigenvalue weighted by Crippen LogP contribution is -2.25. The first kappa shape index (κ1) is 17.1. The fraction of sp³-hybridized carbons (Fsp3) is 0.600. The predicted molar refractivity (Wildman–Crippen MR) is 82.1 cm³/mol. The lowest BCUT2D eigenvalue weighted by molar-refractivity contribution is 0.110. The molecular weight excluding hydrogens is 278 g/mol. The van der Waals surface area contributed by atoms with Crippen LogP contribution in [0.1, 0.15) is 25.3 Å². The van der Waals surface area contributed by atoms with Crippen LogP contribution in [-0.2, 0) is 11.3 Å². The zero-order valence-corrected chi connectivity index (χ0v) is 13.0. The summed E-state index contributed by atoms with van der Waals surface area (Å²) < 4.78 is 16.4. The zero-order chi connectivity index (χ0) is 13.5. The van der Waals surface area contributed by atoms with Crippen LogP contribution in [0.15, 0.2) is 18.2 Å². The second-order valence-electron chi connectivity index (χ2n) is 4.68. The van der Waals surface area contributed by atoms with Crippen LogP contribution in [0.2, 0.25) is 0 Å². The van der Waals surface area contributed by atoms with E-state index >= 15 is 0 Å². The Morgan fingerprint density at radius 3 is 2.85 bits per heavy atom. The van der Waals surface area contributed by atoms with Crippen molar-refractivity contribution in [2.75, 3.05) is 26.9 Å². The summed E-state index contributed by atoms with van der Waals surface area (Å²) in [5.41, 5.74) is 1.20. The first-order valence-corrected chi connectivity index (χ1v) is 6.95. The Hall–Kier alpha value is -0.970. The van der Waals surface area contributed by atoms with Crippen molar-refractivity contribution in [3.8, 4) is 11.5 Å². The van der Waals surface area contributed by atoms with Crippen LogP contribution in [0, 0.1) is 0 Å². The fourth-order valence-electron chi connectivity index (χ4n) is 2.28. The Morgan fingerprint density at radius 2 is 2.20 bits per heavy atom. The summed E-state index contributed by atoms with van der Waals surface area (Å²) >= 11 is 0. The maximum absolute atomic E-state index is 5.58. The van der Waals surface area contributed by atoms with E-state index in [9.17, 15) is 0 Å². The van der Waals surface area contributed by atoms with E-state index in [0.717, 1.165) is 31.2 Å². The molecule has 1 unspecified atom stereocenters. The van der Waals surface area contributed by atoms with Crippen molar-refractivity contribution >= 4 is 12.4 Å². The second kappa shape index (κ2) is 9.06. The van der Waals surface area contributed by atoms with E-state index in [1.54, 1.807) is 7.11 Å².